The summed E-state index contributed by atoms with van der Waals surface area (Å²) in [5.41, 5.74) is 2.63. The number of rotatable bonds is 18. The lowest BCUT2D eigenvalue weighted by Gasteiger charge is -2.36. The molecule has 0 bridgehead atoms. The van der Waals surface area contributed by atoms with E-state index in [2.05, 4.69) is 73.3 Å². The number of carbonyl (C=O) groups excluding carboxylic acids is 2. The first-order chi connectivity index (χ1) is 30.5. The highest BCUT2D eigenvalue weighted by Crippen LogP contribution is 2.50. The third-order valence-corrected chi connectivity index (χ3v) is 11.6. The zero-order valence-electron chi connectivity index (χ0n) is 35.9. The molecule has 0 spiro atoms. The molecule has 62 heavy (non-hydrogen) atoms. The molecule has 7 rings (SSSR count). The van der Waals surface area contributed by atoms with Gasteiger partial charge < -0.3 is 43.7 Å². The molecule has 1 saturated heterocycles. The van der Waals surface area contributed by atoms with E-state index in [0.717, 1.165) is 5.56 Å². The molecule has 3 aromatic heterocycles. The summed E-state index contributed by atoms with van der Waals surface area (Å²) in [6.07, 6.45) is -0.0167. The number of imidazole rings is 1. The Kier molecular flexibility index (Phi) is 13.7. The highest BCUT2D eigenvalue weighted by molar-refractivity contribution is 7.44. The summed E-state index contributed by atoms with van der Waals surface area (Å²) >= 11 is 0. The van der Waals surface area contributed by atoms with Crippen molar-refractivity contribution in [2.75, 3.05) is 35.7 Å². The lowest BCUT2D eigenvalue weighted by molar-refractivity contribution is -0.118. The molecule has 3 N–H and O–H groups in total. The van der Waals surface area contributed by atoms with Crippen LogP contribution in [0.25, 0.3) is 38.9 Å². The van der Waals surface area contributed by atoms with E-state index >= 15 is 0 Å². The quantitative estimate of drug-likeness (QED) is 0.0424. The highest BCUT2D eigenvalue weighted by atomic mass is 31.2. The maximum Gasteiger partial charge on any atom is 0.263 e. The second-order valence-corrected chi connectivity index (χ2v) is 16.2. The van der Waals surface area contributed by atoms with E-state index in [1.54, 1.807) is 53.4 Å². The number of para-hydroxylation sites is 1. The fourth-order valence-electron chi connectivity index (χ4n) is 6.73. The van der Waals surface area contributed by atoms with Crippen LogP contribution in [-0.4, -0.2) is 90.3 Å². The molecule has 2 amide bonds. The van der Waals surface area contributed by atoms with E-state index in [-0.39, 0.29) is 67.8 Å². The molecule has 0 radical (unpaired) electrons. The van der Waals surface area contributed by atoms with Crippen molar-refractivity contribution in [2.24, 2.45) is 0 Å². The van der Waals surface area contributed by atoms with Crippen LogP contribution in [0.5, 0.6) is 5.75 Å². The first kappa shape index (κ1) is 42.3. The summed E-state index contributed by atoms with van der Waals surface area (Å²) in [4.78, 5) is 43.4. The maximum absolute atomic E-state index is 13.4. The van der Waals surface area contributed by atoms with Crippen molar-refractivity contribution in [3.8, 4) is 28.7 Å². The smallest absolute Gasteiger partial charge is 0.263 e. The first-order valence-corrected chi connectivity index (χ1v) is 21.1. The second-order valence-electron chi connectivity index (χ2n) is 14.7. The molecule has 0 aliphatic carbocycles. The molecule has 19 heteroatoms. The number of hydrogen-bond acceptors (Lipinski definition) is 14. The van der Waals surface area contributed by atoms with Crippen molar-refractivity contribution in [3.05, 3.63) is 96.6 Å². The number of ether oxygens (including phenoxy) is 2. The zero-order valence-corrected chi connectivity index (χ0v) is 35.8. The van der Waals surface area contributed by atoms with E-state index < -0.39 is 32.9 Å². The van der Waals surface area contributed by atoms with Crippen LogP contribution in [-0.2, 0) is 23.4 Å². The zero-order chi connectivity index (χ0) is 44.5. The van der Waals surface area contributed by atoms with Gasteiger partial charge in [-0.25, -0.2) is 16.2 Å². The van der Waals surface area contributed by atoms with Crippen molar-refractivity contribution >= 4 is 54.6 Å². The van der Waals surface area contributed by atoms with Gasteiger partial charge in [0, 0.05) is 37.9 Å². The number of amides is 2. The van der Waals surface area contributed by atoms with E-state index in [4.69, 9.17) is 35.9 Å². The minimum atomic E-state index is -1.62. The third kappa shape index (κ3) is 10.6. The number of benzene rings is 3. The van der Waals surface area contributed by atoms with Crippen molar-refractivity contribution in [3.63, 3.8) is 0 Å². The Morgan fingerprint density at radius 1 is 0.984 bits per heavy atom. The minimum Gasteiger partial charge on any atom is -0.484 e. The normalized spacial score (nSPS) is 17.0. The van der Waals surface area contributed by atoms with Crippen LogP contribution in [0.4, 0.5) is 23.1 Å². The van der Waals surface area contributed by atoms with Gasteiger partial charge in [-0.05, 0) is 77.1 Å². The van der Waals surface area contributed by atoms with Crippen molar-refractivity contribution in [2.45, 2.75) is 78.5 Å². The number of carbonyl (C=O) groups is 2. The van der Waals surface area contributed by atoms with Gasteiger partial charge in [0.25, 0.3) is 14.4 Å². The van der Waals surface area contributed by atoms with Gasteiger partial charge in [-0.1, -0.05) is 36.4 Å². The largest absolute Gasteiger partial charge is 0.484 e. The average molecular weight is 863 g/mol. The molecule has 1 aliphatic rings. The number of nitrogens with one attached hydrogen (secondary N) is 3. The fraction of sp³-hybridized carbons (Fsp3) is 0.349. The van der Waals surface area contributed by atoms with Gasteiger partial charge in [-0.15, -0.1) is 10.2 Å². The topological polar surface area (TPSA) is 197 Å². The lowest BCUT2D eigenvalue weighted by Crippen LogP contribution is -2.35. The Hall–Kier alpha value is -6.35. The van der Waals surface area contributed by atoms with Gasteiger partial charge in [0.05, 0.1) is 29.9 Å². The molecule has 1 fully saturated rings. The van der Waals surface area contributed by atoms with Crippen LogP contribution in [0.1, 0.15) is 55.5 Å². The molecule has 322 valence electrons. The first-order valence-electron chi connectivity index (χ1n) is 20.7. The minimum absolute atomic E-state index is 0.0341. The van der Waals surface area contributed by atoms with E-state index in [9.17, 15) is 9.59 Å². The van der Waals surface area contributed by atoms with Crippen LogP contribution >= 0.6 is 8.53 Å². The van der Waals surface area contributed by atoms with Crippen LogP contribution in [0, 0.1) is 6.57 Å². The second kappa shape index (κ2) is 20.0. The van der Waals surface area contributed by atoms with Crippen LogP contribution in [0.2, 0.25) is 0 Å². The van der Waals surface area contributed by atoms with Crippen molar-refractivity contribution in [1.29, 1.82) is 0 Å². The summed E-state index contributed by atoms with van der Waals surface area (Å²) in [6, 6.07) is 23.6. The van der Waals surface area contributed by atoms with Crippen LogP contribution < -0.4 is 20.7 Å². The standard InChI is InChI=1S/C43H48N11O7P/c1-26(2)54(27(3)4)62(58-21-20-44-7)61-35-23-37(59-28(35)5)53-25-45-38-39(48-36(56)24-57-32-16-12-9-13-17-32)49-43(50-40(38)53)47-34-22-31(18-19-33(34)46-29(6)55)42-52-51-41(60-42)30-14-10-8-11-15-30/h8-19,22,25-28,35,37H,20-21,23-24H2,1-6H3,(H,46,55)(H2,47,48,49,50,56)/t28-,35?,37-,62?/m1/s1/i5D. The third-order valence-electron chi connectivity index (χ3n) is 9.43. The number of hydrogen-bond donors (Lipinski definition) is 3. The van der Waals surface area contributed by atoms with Crippen LogP contribution in [0.3, 0.4) is 0 Å². The Morgan fingerprint density at radius 2 is 1.71 bits per heavy atom. The average Bonchev–Trinajstić information content (AvgIpc) is 4.03. The Balaban J connectivity index is 1.23. The van der Waals surface area contributed by atoms with Gasteiger partial charge in [0.1, 0.15) is 18.6 Å². The Labute approximate surface area is 361 Å². The molecule has 4 atom stereocenters. The predicted molar refractivity (Wildman–Crippen MR) is 234 cm³/mol. The Bertz CT molecular complexity index is 2530. The summed E-state index contributed by atoms with van der Waals surface area (Å²) in [7, 11) is -1.62. The number of fused-ring (bicyclic) bond motifs is 1. The summed E-state index contributed by atoms with van der Waals surface area (Å²) in [5, 5.41) is 17.4. The monoisotopic (exact) mass is 862 g/mol. The molecule has 2 unspecified atom stereocenters. The van der Waals surface area contributed by atoms with Gasteiger partial charge in [0.2, 0.25) is 30.2 Å². The molecular weight excluding hydrogens is 814 g/mol. The van der Waals surface area contributed by atoms with E-state index in [1.807, 2.05) is 36.4 Å². The number of nitrogens with zero attached hydrogens (tertiary/aromatic N) is 8. The van der Waals surface area contributed by atoms with E-state index in [1.165, 1.54) is 6.92 Å². The summed E-state index contributed by atoms with van der Waals surface area (Å²) in [6.45, 7) is 16.9. The molecule has 0 saturated carbocycles. The van der Waals surface area contributed by atoms with Gasteiger partial charge >= 0.3 is 0 Å². The van der Waals surface area contributed by atoms with Crippen LogP contribution in [0.15, 0.2) is 89.6 Å². The molecule has 4 heterocycles. The van der Waals surface area contributed by atoms with E-state index in [0.29, 0.717) is 40.6 Å². The summed E-state index contributed by atoms with van der Waals surface area (Å²) < 4.78 is 43.3. The Morgan fingerprint density at radius 3 is 2.40 bits per heavy atom. The SMILES string of the molecule is [2H]C[C@H]1O[C@@H](n2cnc3c(NC(=O)COc4ccccc4)nc(Nc4cc(-c5nnc(-c6ccccc6)o5)ccc4NC(C)=O)nc32)CC1OP(OCC[N+]#[C-])N(C(C)C)C(C)C. The number of aromatic nitrogens is 6. The summed E-state index contributed by atoms with van der Waals surface area (Å²) in [5.74, 6) is 0.370. The molecule has 1 aliphatic heterocycles. The van der Waals surface area contributed by atoms with Gasteiger partial charge in [-0.3, -0.25) is 14.2 Å². The lowest BCUT2D eigenvalue weighted by atomic mass is 10.1. The predicted octanol–water partition coefficient (Wildman–Crippen LogP) is 8.24. The molecule has 6 aromatic rings. The highest BCUT2D eigenvalue weighted by Gasteiger charge is 2.40. The fourth-order valence-corrected chi connectivity index (χ4v) is 8.48. The van der Waals surface area contributed by atoms with Gasteiger partial charge in [-0.2, -0.15) is 9.97 Å². The molecular formula is C43H48N11O7P. The molecule has 3 aromatic carbocycles. The van der Waals surface area contributed by atoms with Crippen molar-refractivity contribution in [1.82, 2.24) is 34.4 Å². The van der Waals surface area contributed by atoms with Crippen molar-refractivity contribution < 1.29 is 33.9 Å². The molecule has 18 nitrogen and oxygen atoms in total. The maximum atomic E-state index is 13.4. The number of anilines is 4. The van der Waals surface area contributed by atoms with Gasteiger partial charge in [0.15, 0.2) is 23.6 Å².